The standard InChI is InChI=1S/C14H12BrClFNO3S/c1-2-21-13-6-3-9(15)7-14(13)22(19,20)18-12-5-4-10(16)8-11(12)17/h3-8,18H,2H2,1H3. The molecular formula is C14H12BrClFNO3S. The Balaban J connectivity index is 2.44. The Bertz CT molecular complexity index is 799. The molecule has 0 saturated carbocycles. The lowest BCUT2D eigenvalue weighted by Gasteiger charge is -2.13. The van der Waals surface area contributed by atoms with E-state index in [4.69, 9.17) is 16.3 Å². The minimum Gasteiger partial charge on any atom is -0.492 e. The highest BCUT2D eigenvalue weighted by Gasteiger charge is 2.21. The topological polar surface area (TPSA) is 55.4 Å². The molecule has 0 spiro atoms. The van der Waals surface area contributed by atoms with E-state index in [1.807, 2.05) is 0 Å². The van der Waals surface area contributed by atoms with Crippen LogP contribution in [0.25, 0.3) is 0 Å². The molecule has 0 heterocycles. The van der Waals surface area contributed by atoms with E-state index in [1.54, 1.807) is 13.0 Å². The van der Waals surface area contributed by atoms with Gasteiger partial charge in [0.15, 0.2) is 0 Å². The number of hydrogen-bond donors (Lipinski definition) is 1. The lowest BCUT2D eigenvalue weighted by molar-refractivity contribution is 0.331. The van der Waals surface area contributed by atoms with E-state index in [2.05, 4.69) is 20.7 Å². The normalized spacial score (nSPS) is 11.3. The molecule has 22 heavy (non-hydrogen) atoms. The Hall–Kier alpha value is -1.31. The van der Waals surface area contributed by atoms with Gasteiger partial charge in [0.25, 0.3) is 10.0 Å². The van der Waals surface area contributed by atoms with Crippen molar-refractivity contribution in [3.63, 3.8) is 0 Å². The van der Waals surface area contributed by atoms with Crippen molar-refractivity contribution in [2.24, 2.45) is 0 Å². The summed E-state index contributed by atoms with van der Waals surface area (Å²) in [4.78, 5) is -0.0851. The molecule has 8 heteroatoms. The maximum absolute atomic E-state index is 13.8. The molecule has 2 rings (SSSR count). The van der Waals surface area contributed by atoms with E-state index in [-0.39, 0.29) is 21.4 Å². The minimum atomic E-state index is -4.01. The van der Waals surface area contributed by atoms with E-state index in [0.717, 1.165) is 6.07 Å². The molecule has 2 aromatic rings. The van der Waals surface area contributed by atoms with Crippen LogP contribution in [0.4, 0.5) is 10.1 Å². The van der Waals surface area contributed by atoms with Gasteiger partial charge in [-0.05, 0) is 43.3 Å². The maximum atomic E-state index is 13.8. The summed E-state index contributed by atoms with van der Waals surface area (Å²) in [6, 6.07) is 8.26. The Morgan fingerprint density at radius 3 is 2.64 bits per heavy atom. The highest BCUT2D eigenvalue weighted by molar-refractivity contribution is 9.10. The second-order valence-electron chi connectivity index (χ2n) is 4.25. The van der Waals surface area contributed by atoms with Crippen molar-refractivity contribution in [3.05, 3.63) is 51.7 Å². The molecule has 0 aromatic heterocycles. The fraction of sp³-hybridized carbons (Fsp3) is 0.143. The van der Waals surface area contributed by atoms with Gasteiger partial charge in [0.2, 0.25) is 0 Å². The summed E-state index contributed by atoms with van der Waals surface area (Å²) in [5, 5.41) is 0.179. The lowest BCUT2D eigenvalue weighted by Crippen LogP contribution is -2.15. The summed E-state index contributed by atoms with van der Waals surface area (Å²) in [5.41, 5.74) is -0.188. The average Bonchev–Trinajstić information content (AvgIpc) is 2.44. The molecule has 0 unspecified atom stereocenters. The van der Waals surface area contributed by atoms with Crippen LogP contribution in [-0.2, 0) is 10.0 Å². The Morgan fingerprint density at radius 2 is 2.00 bits per heavy atom. The van der Waals surface area contributed by atoms with Gasteiger partial charge in [0.1, 0.15) is 16.5 Å². The summed E-state index contributed by atoms with van der Waals surface area (Å²) in [7, 11) is -4.01. The monoisotopic (exact) mass is 407 g/mol. The van der Waals surface area contributed by atoms with Gasteiger partial charge in [-0.2, -0.15) is 0 Å². The van der Waals surface area contributed by atoms with E-state index < -0.39 is 15.8 Å². The predicted octanol–water partition coefficient (Wildman–Crippen LogP) is 4.44. The molecule has 0 saturated heterocycles. The lowest BCUT2D eigenvalue weighted by atomic mass is 10.3. The number of rotatable bonds is 5. The quantitative estimate of drug-likeness (QED) is 0.795. The van der Waals surface area contributed by atoms with Crippen LogP contribution < -0.4 is 9.46 Å². The van der Waals surface area contributed by atoms with Crippen LogP contribution in [0.1, 0.15) is 6.92 Å². The summed E-state index contributed by atoms with van der Waals surface area (Å²) >= 11 is 8.86. The molecule has 4 nitrogen and oxygen atoms in total. The predicted molar refractivity (Wildman–Crippen MR) is 87.5 cm³/mol. The first-order valence-corrected chi connectivity index (χ1v) is 8.89. The Labute approximate surface area is 141 Å². The Morgan fingerprint density at radius 1 is 1.27 bits per heavy atom. The van der Waals surface area contributed by atoms with Gasteiger partial charge in [-0.1, -0.05) is 27.5 Å². The van der Waals surface area contributed by atoms with Crippen molar-refractivity contribution in [2.75, 3.05) is 11.3 Å². The first-order valence-electron chi connectivity index (χ1n) is 6.23. The van der Waals surface area contributed by atoms with Crippen molar-refractivity contribution in [2.45, 2.75) is 11.8 Å². The molecule has 0 aliphatic heterocycles. The molecule has 1 N–H and O–H groups in total. The van der Waals surface area contributed by atoms with Crippen LogP contribution in [-0.4, -0.2) is 15.0 Å². The number of nitrogens with one attached hydrogen (secondary N) is 1. The van der Waals surface area contributed by atoms with Crippen molar-refractivity contribution in [1.29, 1.82) is 0 Å². The van der Waals surface area contributed by atoms with Gasteiger partial charge >= 0.3 is 0 Å². The molecule has 0 aliphatic carbocycles. The molecular weight excluding hydrogens is 397 g/mol. The molecule has 0 bridgehead atoms. The van der Waals surface area contributed by atoms with E-state index in [1.165, 1.54) is 24.3 Å². The second kappa shape index (κ2) is 6.85. The molecule has 0 atom stereocenters. The minimum absolute atomic E-state index is 0.0851. The molecule has 2 aromatic carbocycles. The van der Waals surface area contributed by atoms with E-state index in [0.29, 0.717) is 11.1 Å². The van der Waals surface area contributed by atoms with Gasteiger partial charge in [-0.3, -0.25) is 4.72 Å². The fourth-order valence-corrected chi connectivity index (χ4v) is 3.65. The third-order valence-corrected chi connectivity index (χ3v) is 4.79. The van der Waals surface area contributed by atoms with Crippen LogP contribution in [0.2, 0.25) is 5.02 Å². The Kier molecular flexibility index (Phi) is 5.31. The van der Waals surface area contributed by atoms with Crippen molar-refractivity contribution >= 4 is 43.2 Å². The number of hydrogen-bond acceptors (Lipinski definition) is 3. The van der Waals surface area contributed by atoms with Crippen LogP contribution in [0.5, 0.6) is 5.75 Å². The molecule has 0 fully saturated rings. The highest BCUT2D eigenvalue weighted by atomic mass is 79.9. The summed E-state index contributed by atoms with van der Waals surface area (Å²) in [5.74, 6) is -0.573. The smallest absolute Gasteiger partial charge is 0.265 e. The van der Waals surface area contributed by atoms with Crippen molar-refractivity contribution < 1.29 is 17.5 Å². The summed E-state index contributed by atoms with van der Waals surface area (Å²) < 4.78 is 46.8. The van der Waals surface area contributed by atoms with Crippen LogP contribution in [0.15, 0.2) is 45.8 Å². The second-order valence-corrected chi connectivity index (χ2v) is 7.26. The van der Waals surface area contributed by atoms with Gasteiger partial charge in [-0.25, -0.2) is 12.8 Å². The first-order chi connectivity index (χ1) is 10.3. The third-order valence-electron chi connectivity index (χ3n) is 2.67. The summed E-state index contributed by atoms with van der Waals surface area (Å²) in [6.07, 6.45) is 0. The zero-order chi connectivity index (χ0) is 16.3. The van der Waals surface area contributed by atoms with Crippen LogP contribution in [0, 0.1) is 5.82 Å². The number of ether oxygens (including phenoxy) is 1. The van der Waals surface area contributed by atoms with Gasteiger partial charge in [0.05, 0.1) is 12.3 Å². The van der Waals surface area contributed by atoms with Crippen molar-refractivity contribution in [3.8, 4) is 5.75 Å². The number of sulfonamides is 1. The number of halogens is 3. The zero-order valence-electron chi connectivity index (χ0n) is 11.4. The van der Waals surface area contributed by atoms with Gasteiger partial charge < -0.3 is 4.74 Å². The molecule has 118 valence electrons. The zero-order valence-corrected chi connectivity index (χ0v) is 14.6. The van der Waals surface area contributed by atoms with Crippen molar-refractivity contribution in [1.82, 2.24) is 0 Å². The van der Waals surface area contributed by atoms with E-state index >= 15 is 0 Å². The molecule has 0 radical (unpaired) electrons. The van der Waals surface area contributed by atoms with Crippen LogP contribution in [0.3, 0.4) is 0 Å². The fourth-order valence-electron chi connectivity index (χ4n) is 1.74. The number of anilines is 1. The molecule has 0 aliphatic rings. The SMILES string of the molecule is CCOc1ccc(Br)cc1S(=O)(=O)Nc1ccc(Cl)cc1F. The van der Waals surface area contributed by atoms with E-state index in [9.17, 15) is 12.8 Å². The maximum Gasteiger partial charge on any atom is 0.265 e. The number of benzene rings is 2. The van der Waals surface area contributed by atoms with Gasteiger partial charge in [0, 0.05) is 9.50 Å². The molecule has 0 amide bonds. The third kappa shape index (κ3) is 3.91. The average molecular weight is 409 g/mol. The largest absolute Gasteiger partial charge is 0.492 e. The first kappa shape index (κ1) is 17.1. The van der Waals surface area contributed by atoms with Gasteiger partial charge in [-0.15, -0.1) is 0 Å². The summed E-state index contributed by atoms with van der Waals surface area (Å²) in [6.45, 7) is 2.05. The highest BCUT2D eigenvalue weighted by Crippen LogP contribution is 2.30. The van der Waals surface area contributed by atoms with Crippen LogP contribution >= 0.6 is 27.5 Å².